The van der Waals surface area contributed by atoms with Gasteiger partial charge in [-0.25, -0.2) is 4.79 Å². The fourth-order valence-electron chi connectivity index (χ4n) is 4.85. The van der Waals surface area contributed by atoms with Crippen LogP contribution in [0.3, 0.4) is 0 Å². The number of alkyl carbamates (subject to hydrolysis) is 1. The van der Waals surface area contributed by atoms with Gasteiger partial charge in [0.05, 0.1) is 0 Å². The number of anilines is 1. The Labute approximate surface area is 244 Å². The number of benzene rings is 3. The van der Waals surface area contributed by atoms with Crippen molar-refractivity contribution >= 4 is 34.4 Å². The molecule has 0 aliphatic heterocycles. The maximum absolute atomic E-state index is 14.3. The zero-order valence-corrected chi connectivity index (χ0v) is 25.7. The van der Waals surface area contributed by atoms with E-state index in [9.17, 15) is 14.4 Å². The molecule has 0 aromatic heterocycles. The van der Waals surface area contributed by atoms with Crippen molar-refractivity contribution < 1.29 is 19.1 Å². The van der Waals surface area contributed by atoms with Crippen molar-refractivity contribution in [3.63, 3.8) is 0 Å². The first-order valence-electron chi connectivity index (χ1n) is 14.5. The van der Waals surface area contributed by atoms with Crippen molar-refractivity contribution in [3.8, 4) is 0 Å². The van der Waals surface area contributed by atoms with Crippen LogP contribution < -0.4 is 10.6 Å². The van der Waals surface area contributed by atoms with Gasteiger partial charge in [0.15, 0.2) is 0 Å². The molecule has 3 aromatic carbocycles. The summed E-state index contributed by atoms with van der Waals surface area (Å²) in [4.78, 5) is 42.7. The smallest absolute Gasteiger partial charge is 0.408 e. The van der Waals surface area contributed by atoms with Crippen LogP contribution in [0.5, 0.6) is 0 Å². The summed E-state index contributed by atoms with van der Waals surface area (Å²) in [6.07, 6.45) is 0.594. The summed E-state index contributed by atoms with van der Waals surface area (Å²) in [5.74, 6) is -0.549. The summed E-state index contributed by atoms with van der Waals surface area (Å²) in [6.45, 7) is 15.2. The fraction of sp³-hybridized carbons (Fsp3) is 0.441. The number of aryl methyl sites for hydroxylation is 1. The van der Waals surface area contributed by atoms with E-state index in [4.69, 9.17) is 4.74 Å². The minimum absolute atomic E-state index is 0.113. The highest BCUT2D eigenvalue weighted by Crippen LogP contribution is 2.29. The van der Waals surface area contributed by atoms with Crippen molar-refractivity contribution in [1.29, 1.82) is 0 Å². The Balaban J connectivity index is 2.02. The van der Waals surface area contributed by atoms with Crippen LogP contribution in [0, 0.1) is 5.92 Å². The topological polar surface area (TPSA) is 87.7 Å². The molecule has 3 amide bonds. The molecule has 3 aromatic rings. The van der Waals surface area contributed by atoms with Crippen LogP contribution in [-0.2, 0) is 20.7 Å². The molecule has 0 aliphatic carbocycles. The average Bonchev–Trinajstić information content (AvgIpc) is 2.89. The zero-order chi connectivity index (χ0) is 30.3. The van der Waals surface area contributed by atoms with Crippen LogP contribution in [0.15, 0.2) is 66.7 Å². The maximum atomic E-state index is 14.3. The highest BCUT2D eigenvalue weighted by atomic mass is 16.6. The van der Waals surface area contributed by atoms with Crippen molar-refractivity contribution in [2.75, 3.05) is 5.32 Å². The Kier molecular flexibility index (Phi) is 10.5. The number of amides is 3. The van der Waals surface area contributed by atoms with Gasteiger partial charge in [-0.3, -0.25) is 9.59 Å². The number of hydrogen-bond acceptors (Lipinski definition) is 4. The number of ether oxygens (including phenoxy) is 1. The predicted octanol–water partition coefficient (Wildman–Crippen LogP) is 7.26. The van der Waals surface area contributed by atoms with Gasteiger partial charge in [0.25, 0.3) is 5.91 Å². The van der Waals surface area contributed by atoms with Crippen molar-refractivity contribution in [1.82, 2.24) is 10.2 Å². The Bertz CT molecular complexity index is 1340. The number of carbonyl (C=O) groups is 3. The van der Waals surface area contributed by atoms with Crippen LogP contribution in [-0.4, -0.2) is 40.5 Å². The highest BCUT2D eigenvalue weighted by Gasteiger charge is 2.38. The minimum Gasteiger partial charge on any atom is -0.444 e. The number of rotatable bonds is 10. The molecule has 0 aliphatic rings. The lowest BCUT2D eigenvalue weighted by atomic mass is 9.97. The van der Waals surface area contributed by atoms with E-state index in [0.29, 0.717) is 17.7 Å². The van der Waals surface area contributed by atoms with Crippen molar-refractivity contribution in [2.24, 2.45) is 5.92 Å². The lowest BCUT2D eigenvalue weighted by molar-refractivity contribution is -0.143. The molecule has 0 radical (unpaired) electrons. The first-order valence-corrected chi connectivity index (χ1v) is 14.5. The van der Waals surface area contributed by atoms with Crippen molar-refractivity contribution in [3.05, 3.63) is 77.9 Å². The molecule has 0 bridgehead atoms. The first-order chi connectivity index (χ1) is 19.3. The molecule has 41 heavy (non-hydrogen) atoms. The molecule has 0 saturated carbocycles. The molecule has 2 unspecified atom stereocenters. The Morgan fingerprint density at radius 1 is 0.878 bits per heavy atom. The van der Waals surface area contributed by atoms with E-state index < -0.39 is 23.8 Å². The summed E-state index contributed by atoms with van der Waals surface area (Å²) in [7, 11) is 0. The lowest BCUT2D eigenvalue weighted by Gasteiger charge is -2.37. The second-order valence-corrected chi connectivity index (χ2v) is 12.2. The molecule has 0 fully saturated rings. The van der Waals surface area contributed by atoms with Gasteiger partial charge in [-0.2, -0.15) is 0 Å². The van der Waals surface area contributed by atoms with Crippen LogP contribution in [0.4, 0.5) is 10.5 Å². The summed E-state index contributed by atoms with van der Waals surface area (Å²) in [5, 5.41) is 7.92. The predicted molar refractivity (Wildman–Crippen MR) is 166 cm³/mol. The monoisotopic (exact) mass is 559 g/mol. The summed E-state index contributed by atoms with van der Waals surface area (Å²) in [5.41, 5.74) is 1.76. The molecule has 2 atom stereocenters. The van der Waals surface area contributed by atoms with E-state index in [1.165, 1.54) is 0 Å². The van der Waals surface area contributed by atoms with Gasteiger partial charge in [-0.15, -0.1) is 0 Å². The first kappa shape index (κ1) is 31.7. The van der Waals surface area contributed by atoms with Crippen LogP contribution in [0.2, 0.25) is 0 Å². The number of nitrogens with one attached hydrogen (secondary N) is 2. The number of nitrogens with zero attached hydrogens (tertiary/aromatic N) is 1. The van der Waals surface area contributed by atoms with Gasteiger partial charge in [-0.1, -0.05) is 75.4 Å². The third-order valence-electron chi connectivity index (χ3n) is 6.75. The maximum Gasteiger partial charge on any atom is 0.408 e. The molecule has 0 heterocycles. The standard InChI is InChI=1S/C34H45N3O4/c1-9-24-14-16-26(17-15-24)30(31(38)35-28-19-18-25-12-10-11-13-27(25)21-28)37(23(4)5)32(39)29(20-22(2)3)36-33(40)41-34(6,7)8/h10-19,21-23,29-30H,9,20H2,1-8H3,(H,35,38)(H,36,40). The number of fused-ring (bicyclic) bond motifs is 1. The van der Waals surface area contributed by atoms with Gasteiger partial charge >= 0.3 is 6.09 Å². The van der Waals surface area contributed by atoms with Crippen LogP contribution >= 0.6 is 0 Å². The van der Waals surface area contributed by atoms with Gasteiger partial charge in [-0.05, 0) is 87.4 Å². The minimum atomic E-state index is -0.921. The van der Waals surface area contributed by atoms with E-state index in [1.807, 2.05) is 94.4 Å². The third-order valence-corrected chi connectivity index (χ3v) is 6.75. The molecule has 3 rings (SSSR count). The Morgan fingerprint density at radius 2 is 1.51 bits per heavy atom. The third kappa shape index (κ3) is 8.81. The van der Waals surface area contributed by atoms with E-state index in [0.717, 1.165) is 22.8 Å². The normalized spacial score (nSPS) is 13.1. The summed E-state index contributed by atoms with van der Waals surface area (Å²) < 4.78 is 5.47. The SMILES string of the molecule is CCc1ccc(C(C(=O)Nc2ccc3ccccc3c2)N(C(=O)C(CC(C)C)NC(=O)OC(C)(C)C)C(C)C)cc1. The molecule has 220 valence electrons. The summed E-state index contributed by atoms with van der Waals surface area (Å²) in [6, 6.07) is 19.4. The molecule has 0 saturated heterocycles. The quantitative estimate of drug-likeness (QED) is 0.274. The van der Waals surface area contributed by atoms with Crippen LogP contribution in [0.25, 0.3) is 10.8 Å². The van der Waals surface area contributed by atoms with E-state index >= 15 is 0 Å². The van der Waals surface area contributed by atoms with E-state index in [1.54, 1.807) is 25.7 Å². The zero-order valence-electron chi connectivity index (χ0n) is 25.7. The highest BCUT2D eigenvalue weighted by molar-refractivity contribution is 6.00. The molecular weight excluding hydrogens is 514 g/mol. The van der Waals surface area contributed by atoms with Gasteiger partial charge in [0.1, 0.15) is 17.7 Å². The van der Waals surface area contributed by atoms with E-state index in [-0.39, 0.29) is 23.8 Å². The Morgan fingerprint density at radius 3 is 2.07 bits per heavy atom. The van der Waals surface area contributed by atoms with Gasteiger partial charge in [0.2, 0.25) is 5.91 Å². The van der Waals surface area contributed by atoms with Gasteiger partial charge in [0, 0.05) is 11.7 Å². The molecule has 0 spiro atoms. The second kappa shape index (κ2) is 13.7. The van der Waals surface area contributed by atoms with Gasteiger partial charge < -0.3 is 20.3 Å². The molecule has 7 nitrogen and oxygen atoms in total. The number of carbonyl (C=O) groups excluding carboxylic acids is 3. The number of hydrogen-bond donors (Lipinski definition) is 2. The Hall–Kier alpha value is -3.87. The molecule has 2 N–H and O–H groups in total. The average molecular weight is 560 g/mol. The molecule has 7 heteroatoms. The second-order valence-electron chi connectivity index (χ2n) is 12.2. The van der Waals surface area contributed by atoms with E-state index in [2.05, 4.69) is 17.6 Å². The lowest BCUT2D eigenvalue weighted by Crippen LogP contribution is -2.54. The molecular formula is C34H45N3O4. The summed E-state index contributed by atoms with van der Waals surface area (Å²) >= 11 is 0. The van der Waals surface area contributed by atoms with Crippen LogP contribution in [0.1, 0.15) is 79.0 Å². The fourth-order valence-corrected chi connectivity index (χ4v) is 4.85. The largest absolute Gasteiger partial charge is 0.444 e. The van der Waals surface area contributed by atoms with Crippen molar-refractivity contribution in [2.45, 2.75) is 92.0 Å².